The number of amides is 2. The number of carboxylic acids is 1. The minimum Gasteiger partial charge on any atom is -0.481 e. The van der Waals surface area contributed by atoms with Gasteiger partial charge in [0.25, 0.3) is 0 Å². The van der Waals surface area contributed by atoms with Crippen LogP contribution in [-0.2, 0) is 11.3 Å². The number of carbonyl (C=O) groups is 2. The van der Waals surface area contributed by atoms with Crippen LogP contribution in [0, 0.1) is 5.82 Å². The number of aliphatic carboxylic acids is 1. The maximum atomic E-state index is 13.0. The molecule has 0 spiro atoms. The Kier molecular flexibility index (Phi) is 6.24. The van der Waals surface area contributed by atoms with Crippen LogP contribution in [-0.4, -0.2) is 35.1 Å². The average molecular weight is 303 g/mol. The van der Waals surface area contributed by atoms with Gasteiger partial charge in [0, 0.05) is 19.6 Å². The topological polar surface area (TPSA) is 69.6 Å². The van der Waals surface area contributed by atoms with Crippen LogP contribution < -0.4 is 5.32 Å². The van der Waals surface area contributed by atoms with Crippen LogP contribution in [0.3, 0.4) is 0 Å². The first-order valence-corrected chi connectivity index (χ1v) is 6.50. The van der Waals surface area contributed by atoms with Gasteiger partial charge in [0.15, 0.2) is 0 Å². The summed E-state index contributed by atoms with van der Waals surface area (Å²) in [4.78, 5) is 23.7. The number of carbonyl (C=O) groups excluding carboxylic acids is 1. The van der Waals surface area contributed by atoms with Crippen LogP contribution in [0.2, 0.25) is 5.02 Å². The molecule has 0 aromatic heterocycles. The average Bonchev–Trinajstić information content (AvgIpc) is 2.40. The zero-order chi connectivity index (χ0) is 15.1. The first-order chi connectivity index (χ1) is 9.43. The Balaban J connectivity index is 2.52. The summed E-state index contributed by atoms with van der Waals surface area (Å²) in [6.45, 7) is 2.50. The van der Waals surface area contributed by atoms with Crippen molar-refractivity contribution in [2.24, 2.45) is 0 Å². The minimum atomic E-state index is -0.957. The molecule has 0 atom stereocenters. The van der Waals surface area contributed by atoms with E-state index in [1.807, 2.05) is 0 Å². The molecule has 0 radical (unpaired) electrons. The van der Waals surface area contributed by atoms with Gasteiger partial charge in [-0.3, -0.25) is 4.79 Å². The van der Waals surface area contributed by atoms with Gasteiger partial charge in [0.2, 0.25) is 0 Å². The van der Waals surface area contributed by atoms with Crippen LogP contribution in [0.25, 0.3) is 0 Å². The first-order valence-electron chi connectivity index (χ1n) is 6.12. The third-order valence-electron chi connectivity index (χ3n) is 2.69. The molecule has 2 amide bonds. The van der Waals surface area contributed by atoms with Gasteiger partial charge < -0.3 is 15.3 Å². The predicted octanol–water partition coefficient (Wildman–Crippen LogP) is 2.49. The van der Waals surface area contributed by atoms with Gasteiger partial charge in [0.1, 0.15) is 5.82 Å². The lowest BCUT2D eigenvalue weighted by Crippen LogP contribution is -2.40. The van der Waals surface area contributed by atoms with E-state index in [4.69, 9.17) is 16.7 Å². The molecule has 20 heavy (non-hydrogen) atoms. The number of carboxylic acid groups (broad SMARTS) is 1. The summed E-state index contributed by atoms with van der Waals surface area (Å²) in [6.07, 6.45) is -0.108. The number of nitrogens with one attached hydrogen (secondary N) is 1. The Hall–Kier alpha value is -1.82. The van der Waals surface area contributed by atoms with E-state index in [-0.39, 0.29) is 30.6 Å². The van der Waals surface area contributed by atoms with Crippen LogP contribution in [0.5, 0.6) is 0 Å². The number of hydrogen-bond acceptors (Lipinski definition) is 2. The third kappa shape index (κ3) is 5.05. The van der Waals surface area contributed by atoms with E-state index in [1.54, 1.807) is 6.92 Å². The molecule has 5 nitrogen and oxygen atoms in total. The number of nitrogens with zero attached hydrogens (tertiary/aromatic N) is 1. The highest BCUT2D eigenvalue weighted by atomic mass is 35.5. The number of urea groups is 1. The van der Waals surface area contributed by atoms with Crippen LogP contribution in [0.4, 0.5) is 9.18 Å². The zero-order valence-electron chi connectivity index (χ0n) is 11.0. The molecule has 7 heteroatoms. The van der Waals surface area contributed by atoms with Crippen LogP contribution in [0.1, 0.15) is 18.9 Å². The molecule has 0 bridgehead atoms. The summed E-state index contributed by atoms with van der Waals surface area (Å²) in [6, 6.07) is 3.82. The Labute approximate surface area is 121 Å². The van der Waals surface area contributed by atoms with Crippen molar-refractivity contribution in [3.8, 4) is 0 Å². The lowest BCUT2D eigenvalue weighted by atomic mass is 10.2. The van der Waals surface area contributed by atoms with E-state index in [0.29, 0.717) is 12.1 Å². The summed E-state index contributed by atoms with van der Waals surface area (Å²) in [5.74, 6) is -1.47. The van der Waals surface area contributed by atoms with Crippen molar-refractivity contribution in [2.45, 2.75) is 19.9 Å². The van der Waals surface area contributed by atoms with E-state index in [2.05, 4.69) is 5.32 Å². The van der Waals surface area contributed by atoms with Gasteiger partial charge in [-0.15, -0.1) is 0 Å². The number of hydrogen-bond donors (Lipinski definition) is 2. The van der Waals surface area contributed by atoms with Gasteiger partial charge in [-0.05, 0) is 24.6 Å². The van der Waals surface area contributed by atoms with Crippen molar-refractivity contribution in [3.05, 3.63) is 34.6 Å². The van der Waals surface area contributed by atoms with E-state index < -0.39 is 11.8 Å². The van der Waals surface area contributed by atoms with Gasteiger partial charge in [-0.2, -0.15) is 0 Å². The van der Waals surface area contributed by atoms with E-state index in [9.17, 15) is 14.0 Å². The molecule has 0 aliphatic carbocycles. The Morgan fingerprint density at radius 1 is 1.45 bits per heavy atom. The van der Waals surface area contributed by atoms with E-state index >= 15 is 0 Å². The quantitative estimate of drug-likeness (QED) is 0.848. The highest BCUT2D eigenvalue weighted by Gasteiger charge is 2.12. The van der Waals surface area contributed by atoms with Crippen molar-refractivity contribution in [1.29, 1.82) is 0 Å². The van der Waals surface area contributed by atoms with Crippen molar-refractivity contribution in [2.75, 3.05) is 13.1 Å². The summed E-state index contributed by atoms with van der Waals surface area (Å²) in [5.41, 5.74) is 0.666. The Morgan fingerprint density at radius 2 is 2.15 bits per heavy atom. The molecular weight excluding hydrogens is 287 g/mol. The fourth-order valence-corrected chi connectivity index (χ4v) is 1.78. The molecule has 2 N–H and O–H groups in total. The van der Waals surface area contributed by atoms with E-state index in [1.165, 1.54) is 23.1 Å². The van der Waals surface area contributed by atoms with Crippen molar-refractivity contribution >= 4 is 23.6 Å². The van der Waals surface area contributed by atoms with Gasteiger partial charge in [-0.1, -0.05) is 17.7 Å². The van der Waals surface area contributed by atoms with Gasteiger partial charge >= 0.3 is 12.0 Å². The van der Waals surface area contributed by atoms with Crippen LogP contribution >= 0.6 is 11.6 Å². The van der Waals surface area contributed by atoms with Crippen LogP contribution in [0.15, 0.2) is 18.2 Å². The SMILES string of the molecule is CCN(CCC(=O)O)C(=O)NCc1ccc(F)c(Cl)c1. The largest absolute Gasteiger partial charge is 0.481 e. The second-order valence-corrected chi connectivity index (χ2v) is 4.54. The molecule has 110 valence electrons. The molecule has 0 unspecified atom stereocenters. The molecule has 0 fully saturated rings. The third-order valence-corrected chi connectivity index (χ3v) is 2.98. The molecule has 0 saturated carbocycles. The molecule has 1 rings (SSSR count). The van der Waals surface area contributed by atoms with Crippen molar-refractivity contribution in [3.63, 3.8) is 0 Å². The summed E-state index contributed by atoms with van der Waals surface area (Å²) in [7, 11) is 0. The lowest BCUT2D eigenvalue weighted by Gasteiger charge is -2.20. The van der Waals surface area contributed by atoms with E-state index in [0.717, 1.165) is 0 Å². The highest BCUT2D eigenvalue weighted by Crippen LogP contribution is 2.15. The second-order valence-electron chi connectivity index (χ2n) is 4.13. The summed E-state index contributed by atoms with van der Waals surface area (Å²) in [5, 5.41) is 11.2. The fraction of sp³-hybridized carbons (Fsp3) is 0.385. The lowest BCUT2D eigenvalue weighted by molar-refractivity contribution is -0.137. The number of rotatable bonds is 6. The molecule has 1 aromatic rings. The number of halogens is 2. The maximum absolute atomic E-state index is 13.0. The monoisotopic (exact) mass is 302 g/mol. The molecule has 1 aromatic carbocycles. The summed E-state index contributed by atoms with van der Waals surface area (Å²) >= 11 is 5.64. The second kappa shape index (κ2) is 7.69. The van der Waals surface area contributed by atoms with Crippen molar-refractivity contribution < 1.29 is 19.1 Å². The normalized spacial score (nSPS) is 10.2. The first kappa shape index (κ1) is 16.2. The minimum absolute atomic E-state index is 0.00465. The van der Waals surface area contributed by atoms with Crippen molar-refractivity contribution in [1.82, 2.24) is 10.2 Å². The molecule has 0 saturated heterocycles. The zero-order valence-corrected chi connectivity index (χ0v) is 11.8. The summed E-state index contributed by atoms with van der Waals surface area (Å²) < 4.78 is 13.0. The Bertz CT molecular complexity index is 497. The Morgan fingerprint density at radius 3 is 2.70 bits per heavy atom. The number of benzene rings is 1. The molecule has 0 aliphatic heterocycles. The van der Waals surface area contributed by atoms with Gasteiger partial charge in [0.05, 0.1) is 11.4 Å². The molecule has 0 aliphatic rings. The maximum Gasteiger partial charge on any atom is 0.317 e. The van der Waals surface area contributed by atoms with Gasteiger partial charge in [-0.25, -0.2) is 9.18 Å². The molecule has 0 heterocycles. The smallest absolute Gasteiger partial charge is 0.317 e. The predicted molar refractivity (Wildman–Crippen MR) is 73.1 cm³/mol. The highest BCUT2D eigenvalue weighted by molar-refractivity contribution is 6.30. The fourth-order valence-electron chi connectivity index (χ4n) is 1.57. The standard InChI is InChI=1S/C13H16ClFN2O3/c1-2-17(6-5-12(18)19)13(20)16-8-9-3-4-11(15)10(14)7-9/h3-4,7H,2,5-6,8H2,1H3,(H,16,20)(H,18,19). The molecular formula is C13H16ClFN2O3.